The Hall–Kier alpha value is -1.83. The molecule has 15 heavy (non-hydrogen) atoms. The predicted octanol–water partition coefficient (Wildman–Crippen LogP) is -0.804. The van der Waals surface area contributed by atoms with E-state index in [9.17, 15) is 0 Å². The van der Waals surface area contributed by atoms with Gasteiger partial charge in [0.1, 0.15) is 0 Å². The Labute approximate surface area is 93.6 Å². The number of hydrogen-bond acceptors (Lipinski definition) is 3. The van der Waals surface area contributed by atoms with Crippen LogP contribution in [0, 0.1) is 15.3 Å². The van der Waals surface area contributed by atoms with E-state index >= 15 is 0 Å². The number of rotatable bonds is 1. The molecule has 0 saturated carbocycles. The minimum absolute atomic E-state index is 0.201. The number of halogens is 1. The first-order valence-corrected chi connectivity index (χ1v) is 4.43. The van der Waals surface area contributed by atoms with Gasteiger partial charge in [-0.05, 0) is 24.3 Å². The summed E-state index contributed by atoms with van der Waals surface area (Å²) in [5.41, 5.74) is 11.4. The predicted molar refractivity (Wildman–Crippen MR) is 58.5 cm³/mol. The molecule has 5 N–H and O–H groups in total. The maximum atomic E-state index is 8.25. The zero-order chi connectivity index (χ0) is 11.8. The van der Waals surface area contributed by atoms with Crippen LogP contribution in [0.5, 0.6) is 0 Å². The first-order chi connectivity index (χ1) is 6.91. The summed E-state index contributed by atoms with van der Waals surface area (Å²) in [4.78, 5) is 11.0. The zero-order valence-corrected chi connectivity index (χ0v) is 9.10. The fourth-order valence-corrected chi connectivity index (χ4v) is 0.964. The molecule has 0 atom stereocenters. The van der Waals surface area contributed by atoms with Crippen molar-refractivity contribution in [2.75, 3.05) is 0 Å². The van der Waals surface area contributed by atoms with Crippen molar-refractivity contribution in [1.82, 2.24) is 0 Å². The smallest absolute Gasteiger partial charge is 0.343 e. The molecule has 0 aliphatic carbocycles. The summed E-state index contributed by atoms with van der Waals surface area (Å²) in [5, 5.41) is 14.8. The maximum absolute atomic E-state index is 8.25. The SMILES string of the molecule is NC(N)=[NH+]c1ccc(Br)cc1.O=[N+]([O-])[O-]. The highest BCUT2D eigenvalue weighted by atomic mass is 79.9. The Balaban J connectivity index is 0.000000423. The third kappa shape index (κ3) is 8.50. The first kappa shape index (κ1) is 13.2. The van der Waals surface area contributed by atoms with E-state index in [0.29, 0.717) is 0 Å². The van der Waals surface area contributed by atoms with Gasteiger partial charge in [-0.1, -0.05) is 15.9 Å². The van der Waals surface area contributed by atoms with Crippen molar-refractivity contribution >= 4 is 27.6 Å². The zero-order valence-electron chi connectivity index (χ0n) is 7.51. The van der Waals surface area contributed by atoms with Crippen LogP contribution in [0.15, 0.2) is 28.7 Å². The second-order valence-electron chi connectivity index (χ2n) is 2.31. The lowest BCUT2D eigenvalue weighted by Gasteiger charge is -1.91. The van der Waals surface area contributed by atoms with Crippen LogP contribution in [-0.2, 0) is 0 Å². The van der Waals surface area contributed by atoms with Gasteiger partial charge in [-0.3, -0.25) is 11.5 Å². The van der Waals surface area contributed by atoms with Crippen LogP contribution in [0.1, 0.15) is 0 Å². The molecule has 0 heterocycles. The normalized spacial score (nSPS) is 8.33. The third-order valence-electron chi connectivity index (χ3n) is 1.13. The minimum atomic E-state index is -1.75. The number of hydrogen-bond donors (Lipinski definition) is 3. The molecule has 8 heteroatoms. The van der Waals surface area contributed by atoms with Gasteiger partial charge in [-0.2, -0.15) is 0 Å². The molecule has 82 valence electrons. The summed E-state index contributed by atoms with van der Waals surface area (Å²) in [6, 6.07) is 7.57. The number of nitrogens with two attached hydrogens (primary N) is 2. The molecular weight excluding hydrogens is 268 g/mol. The fraction of sp³-hybridized carbons (Fsp3) is 0. The molecule has 0 fully saturated rings. The lowest BCUT2D eigenvalue weighted by Crippen LogP contribution is -2.72. The number of guanidine groups is 1. The Kier molecular flexibility index (Phi) is 5.79. The summed E-state index contributed by atoms with van der Waals surface area (Å²) in [7, 11) is 0. The Morgan fingerprint density at radius 2 is 1.67 bits per heavy atom. The van der Waals surface area contributed by atoms with Crippen molar-refractivity contribution in [1.29, 1.82) is 0 Å². The summed E-state index contributed by atoms with van der Waals surface area (Å²) in [6.45, 7) is 0. The van der Waals surface area contributed by atoms with Gasteiger partial charge in [-0.25, -0.2) is 4.99 Å². The van der Waals surface area contributed by atoms with Gasteiger partial charge in [0.15, 0.2) is 0 Å². The minimum Gasteiger partial charge on any atom is -0.356 e. The van der Waals surface area contributed by atoms with Crippen LogP contribution in [0.25, 0.3) is 0 Å². The number of benzene rings is 1. The molecule has 0 aliphatic heterocycles. The van der Waals surface area contributed by atoms with Crippen LogP contribution in [0.4, 0.5) is 5.69 Å². The van der Waals surface area contributed by atoms with Gasteiger partial charge in [-0.15, -0.1) is 0 Å². The van der Waals surface area contributed by atoms with Crippen LogP contribution in [0.3, 0.4) is 0 Å². The number of nitrogens with zero attached hydrogens (tertiary/aromatic N) is 1. The van der Waals surface area contributed by atoms with Crippen LogP contribution in [-0.4, -0.2) is 11.0 Å². The van der Waals surface area contributed by atoms with Crippen molar-refractivity contribution in [2.24, 2.45) is 11.5 Å². The molecule has 0 saturated heterocycles. The average molecular weight is 277 g/mol. The molecule has 0 radical (unpaired) electrons. The molecule has 1 aromatic rings. The van der Waals surface area contributed by atoms with E-state index < -0.39 is 5.09 Å². The van der Waals surface area contributed by atoms with Gasteiger partial charge >= 0.3 is 5.96 Å². The maximum Gasteiger partial charge on any atom is 0.343 e. The Morgan fingerprint density at radius 3 is 2.00 bits per heavy atom. The lowest BCUT2D eigenvalue weighted by atomic mass is 10.3. The second kappa shape index (κ2) is 6.60. The van der Waals surface area contributed by atoms with E-state index in [4.69, 9.17) is 26.8 Å². The Bertz CT molecular complexity index is 344. The number of nitrogens with one attached hydrogen (secondary N) is 1. The van der Waals surface area contributed by atoms with E-state index in [-0.39, 0.29) is 5.96 Å². The van der Waals surface area contributed by atoms with E-state index in [1.165, 1.54) is 0 Å². The Morgan fingerprint density at radius 1 is 1.27 bits per heavy atom. The summed E-state index contributed by atoms with van der Waals surface area (Å²) in [5.74, 6) is 0.201. The topological polar surface area (TPSA) is 132 Å². The summed E-state index contributed by atoms with van der Waals surface area (Å²) >= 11 is 3.31. The molecule has 0 unspecified atom stereocenters. The van der Waals surface area contributed by atoms with Gasteiger partial charge in [0.25, 0.3) is 0 Å². The largest absolute Gasteiger partial charge is 0.356 e. The second-order valence-corrected chi connectivity index (χ2v) is 3.23. The molecule has 7 nitrogen and oxygen atoms in total. The molecule has 1 rings (SSSR count). The van der Waals surface area contributed by atoms with Crippen LogP contribution >= 0.6 is 15.9 Å². The van der Waals surface area contributed by atoms with Gasteiger partial charge in [0.2, 0.25) is 0 Å². The molecule has 1 aromatic carbocycles. The summed E-state index contributed by atoms with van der Waals surface area (Å²) in [6.07, 6.45) is 0. The average Bonchev–Trinajstić information content (AvgIpc) is 2.07. The molecule has 0 aromatic heterocycles. The fourth-order valence-electron chi connectivity index (χ4n) is 0.700. The molecule has 0 spiro atoms. The molecule has 0 amide bonds. The highest BCUT2D eigenvalue weighted by Gasteiger charge is 1.91. The molecule has 0 aliphatic rings. The monoisotopic (exact) mass is 276 g/mol. The van der Waals surface area contributed by atoms with Gasteiger partial charge < -0.3 is 15.3 Å². The first-order valence-electron chi connectivity index (χ1n) is 3.64. The van der Waals surface area contributed by atoms with Crippen molar-refractivity contribution in [3.63, 3.8) is 0 Å². The van der Waals surface area contributed by atoms with Gasteiger partial charge in [0, 0.05) is 4.47 Å². The van der Waals surface area contributed by atoms with Crippen LogP contribution in [0.2, 0.25) is 0 Å². The lowest BCUT2D eigenvalue weighted by molar-refractivity contribution is -0.402. The quantitative estimate of drug-likeness (QED) is 0.267. The van der Waals surface area contributed by atoms with Gasteiger partial charge in [0.05, 0.1) is 10.8 Å². The van der Waals surface area contributed by atoms with E-state index in [0.717, 1.165) is 10.2 Å². The van der Waals surface area contributed by atoms with E-state index in [1.54, 1.807) is 0 Å². The van der Waals surface area contributed by atoms with Crippen molar-refractivity contribution in [2.45, 2.75) is 0 Å². The highest BCUT2D eigenvalue weighted by molar-refractivity contribution is 9.10. The molecule has 0 bridgehead atoms. The van der Waals surface area contributed by atoms with Crippen LogP contribution < -0.4 is 16.5 Å². The van der Waals surface area contributed by atoms with E-state index in [2.05, 4.69) is 20.9 Å². The summed E-state index contributed by atoms with van der Waals surface area (Å²) < 4.78 is 1.03. The standard InChI is InChI=1S/C7H8BrN3.NO3/c8-5-1-3-6(4-2-5)11-7(9)10;2-1(3)4/h1-4H,(H4,9,10,11);/q;-1/p+1. The van der Waals surface area contributed by atoms with E-state index in [1.807, 2.05) is 24.3 Å². The highest BCUT2D eigenvalue weighted by Crippen LogP contribution is 2.09. The van der Waals surface area contributed by atoms with Crippen molar-refractivity contribution < 1.29 is 10.1 Å². The molecular formula is C7H9BrN4O3. The van der Waals surface area contributed by atoms with Crippen molar-refractivity contribution in [3.05, 3.63) is 44.1 Å². The third-order valence-corrected chi connectivity index (χ3v) is 1.66. The van der Waals surface area contributed by atoms with Crippen molar-refractivity contribution in [3.8, 4) is 0 Å².